The summed E-state index contributed by atoms with van der Waals surface area (Å²) in [5.41, 5.74) is 1.00. The van der Waals surface area contributed by atoms with Crippen LogP contribution in [0.5, 0.6) is 17.5 Å². The highest BCUT2D eigenvalue weighted by molar-refractivity contribution is 6.25. The quantitative estimate of drug-likeness (QED) is 0.0996. The number of aromatic nitrogens is 3. The van der Waals surface area contributed by atoms with Gasteiger partial charge in [-0.15, -0.1) is 0 Å². The van der Waals surface area contributed by atoms with E-state index in [4.69, 9.17) is 14.7 Å². The fraction of sp³-hybridized carbons (Fsp3) is 0.324. The predicted octanol–water partition coefficient (Wildman–Crippen LogP) is 9.81. The standard InChI is InChI=1S/C37H39N3O3/c1-2-3-4-5-6-7-8-9-10-11-24-43-37-39-35(38-36(40-37)34-30(41)16-13-17-31(34)42)29-23-21-27-19-18-25-14-12-15-26-20-22-28(29)33(27)32(25)26/h12-23,41-42H,2-11,24H2,1H3. The van der Waals surface area contributed by atoms with Gasteiger partial charge in [-0.05, 0) is 56.9 Å². The molecule has 0 aliphatic heterocycles. The number of ether oxygens (including phenoxy) is 1. The first kappa shape index (κ1) is 28.7. The zero-order valence-electron chi connectivity index (χ0n) is 24.9. The van der Waals surface area contributed by atoms with Crippen molar-refractivity contribution >= 4 is 32.3 Å². The lowest BCUT2D eigenvalue weighted by atomic mass is 9.92. The highest BCUT2D eigenvalue weighted by Crippen LogP contribution is 2.40. The summed E-state index contributed by atoms with van der Waals surface area (Å²) in [5.74, 6) is 0.398. The molecule has 0 fully saturated rings. The molecule has 1 heterocycles. The van der Waals surface area contributed by atoms with Crippen molar-refractivity contribution in [1.29, 1.82) is 0 Å². The Bertz CT molecular complexity index is 1800. The second-order valence-corrected chi connectivity index (χ2v) is 11.4. The molecule has 5 aromatic carbocycles. The van der Waals surface area contributed by atoms with Crippen LogP contribution in [0.25, 0.3) is 55.1 Å². The minimum Gasteiger partial charge on any atom is -0.507 e. The van der Waals surface area contributed by atoms with Crippen LogP contribution in [0.1, 0.15) is 71.1 Å². The van der Waals surface area contributed by atoms with Crippen LogP contribution < -0.4 is 4.74 Å². The summed E-state index contributed by atoms with van der Waals surface area (Å²) in [6.07, 6.45) is 12.4. The molecule has 0 spiro atoms. The Morgan fingerprint density at radius 2 is 1.12 bits per heavy atom. The highest BCUT2D eigenvalue weighted by Gasteiger charge is 2.20. The third-order valence-corrected chi connectivity index (χ3v) is 8.36. The number of benzene rings is 5. The highest BCUT2D eigenvalue weighted by atomic mass is 16.5. The van der Waals surface area contributed by atoms with Crippen LogP contribution in [0.2, 0.25) is 0 Å². The Labute approximate surface area is 252 Å². The van der Waals surface area contributed by atoms with Crippen molar-refractivity contribution in [2.45, 2.75) is 71.1 Å². The molecule has 6 heteroatoms. The van der Waals surface area contributed by atoms with Crippen molar-refractivity contribution in [3.05, 3.63) is 72.8 Å². The zero-order valence-corrected chi connectivity index (χ0v) is 24.9. The first-order valence-electron chi connectivity index (χ1n) is 15.7. The molecule has 0 radical (unpaired) electrons. The summed E-state index contributed by atoms with van der Waals surface area (Å²) in [6.45, 7) is 2.74. The number of unbranched alkanes of at least 4 members (excludes halogenated alkanes) is 9. The van der Waals surface area contributed by atoms with E-state index >= 15 is 0 Å². The molecule has 0 saturated carbocycles. The van der Waals surface area contributed by atoms with Crippen molar-refractivity contribution in [3.8, 4) is 40.3 Å². The lowest BCUT2D eigenvalue weighted by molar-refractivity contribution is 0.281. The second kappa shape index (κ2) is 13.2. The van der Waals surface area contributed by atoms with E-state index in [-0.39, 0.29) is 28.9 Å². The summed E-state index contributed by atoms with van der Waals surface area (Å²) >= 11 is 0. The van der Waals surface area contributed by atoms with Gasteiger partial charge in [0.2, 0.25) is 0 Å². The summed E-state index contributed by atoms with van der Waals surface area (Å²) in [4.78, 5) is 14.0. The van der Waals surface area contributed by atoms with Gasteiger partial charge in [0.15, 0.2) is 11.6 Å². The Balaban J connectivity index is 1.27. The number of phenolic OH excluding ortho intramolecular Hbond substituents is 2. The lowest BCUT2D eigenvalue weighted by Crippen LogP contribution is -2.05. The molecule has 220 valence electrons. The number of hydrogen-bond donors (Lipinski definition) is 2. The van der Waals surface area contributed by atoms with Gasteiger partial charge in [0.1, 0.15) is 17.1 Å². The molecule has 43 heavy (non-hydrogen) atoms. The average Bonchev–Trinajstić information content (AvgIpc) is 3.02. The molecule has 0 unspecified atom stereocenters. The monoisotopic (exact) mass is 573 g/mol. The van der Waals surface area contributed by atoms with Gasteiger partial charge in [0.25, 0.3) is 0 Å². The summed E-state index contributed by atoms with van der Waals surface area (Å²) in [6, 6.07) is 23.8. The van der Waals surface area contributed by atoms with E-state index in [0.717, 1.165) is 34.6 Å². The molecule has 0 aliphatic rings. The molecule has 0 bridgehead atoms. The summed E-state index contributed by atoms with van der Waals surface area (Å²) < 4.78 is 6.08. The smallest absolute Gasteiger partial charge is 0.320 e. The van der Waals surface area contributed by atoms with Crippen molar-refractivity contribution in [3.63, 3.8) is 0 Å². The number of phenols is 2. The van der Waals surface area contributed by atoms with Gasteiger partial charge >= 0.3 is 6.01 Å². The third kappa shape index (κ3) is 6.19. The van der Waals surface area contributed by atoms with E-state index in [1.54, 1.807) is 6.07 Å². The molecule has 6 aromatic rings. The first-order chi connectivity index (χ1) is 21.1. The molecule has 0 amide bonds. The lowest BCUT2D eigenvalue weighted by Gasteiger charge is -2.15. The molecule has 0 aliphatic carbocycles. The molecule has 2 N–H and O–H groups in total. The van der Waals surface area contributed by atoms with Crippen LogP contribution in [-0.2, 0) is 0 Å². The number of nitrogens with zero attached hydrogens (tertiary/aromatic N) is 3. The van der Waals surface area contributed by atoms with Crippen molar-refractivity contribution in [2.24, 2.45) is 0 Å². The molecule has 1 aromatic heterocycles. The minimum absolute atomic E-state index is 0.104. The topological polar surface area (TPSA) is 88.4 Å². The van der Waals surface area contributed by atoms with Gasteiger partial charge in [0, 0.05) is 5.56 Å². The Kier molecular flexibility index (Phi) is 8.83. The van der Waals surface area contributed by atoms with Gasteiger partial charge < -0.3 is 14.9 Å². The largest absolute Gasteiger partial charge is 0.507 e. The maximum absolute atomic E-state index is 10.6. The average molecular weight is 574 g/mol. The van der Waals surface area contributed by atoms with E-state index in [1.165, 1.54) is 79.7 Å². The van der Waals surface area contributed by atoms with Crippen LogP contribution in [0, 0.1) is 0 Å². The molecule has 6 nitrogen and oxygen atoms in total. The predicted molar refractivity (Wildman–Crippen MR) is 175 cm³/mol. The number of aromatic hydroxyl groups is 2. The third-order valence-electron chi connectivity index (χ3n) is 8.36. The van der Waals surface area contributed by atoms with E-state index in [2.05, 4.69) is 60.4 Å². The van der Waals surface area contributed by atoms with Crippen molar-refractivity contribution < 1.29 is 14.9 Å². The van der Waals surface area contributed by atoms with Gasteiger partial charge in [-0.25, -0.2) is 4.98 Å². The Hall–Kier alpha value is -4.45. The van der Waals surface area contributed by atoms with E-state index < -0.39 is 0 Å². The van der Waals surface area contributed by atoms with Crippen molar-refractivity contribution in [2.75, 3.05) is 6.61 Å². The molecule has 6 rings (SSSR count). The Morgan fingerprint density at radius 1 is 0.558 bits per heavy atom. The van der Waals surface area contributed by atoms with Gasteiger partial charge in [0.05, 0.1) is 6.61 Å². The maximum Gasteiger partial charge on any atom is 0.320 e. The van der Waals surface area contributed by atoms with E-state index in [0.29, 0.717) is 12.4 Å². The number of hydrogen-bond acceptors (Lipinski definition) is 6. The normalized spacial score (nSPS) is 11.7. The summed E-state index contributed by atoms with van der Waals surface area (Å²) in [5, 5.41) is 28.2. The van der Waals surface area contributed by atoms with Crippen LogP contribution >= 0.6 is 0 Å². The summed E-state index contributed by atoms with van der Waals surface area (Å²) in [7, 11) is 0. The molecular weight excluding hydrogens is 534 g/mol. The zero-order chi connectivity index (χ0) is 29.6. The van der Waals surface area contributed by atoms with Crippen LogP contribution in [0.3, 0.4) is 0 Å². The molecular formula is C37H39N3O3. The minimum atomic E-state index is -0.104. The molecule has 0 saturated heterocycles. The van der Waals surface area contributed by atoms with Gasteiger partial charge in [-0.3, -0.25) is 0 Å². The second-order valence-electron chi connectivity index (χ2n) is 11.4. The SMILES string of the molecule is CCCCCCCCCCCCOc1nc(-c2c(O)cccc2O)nc(-c2ccc3ccc4cccc5ccc2c3c45)n1. The molecule has 0 atom stereocenters. The fourth-order valence-electron chi connectivity index (χ4n) is 6.09. The number of rotatable bonds is 14. The van der Waals surface area contributed by atoms with Crippen LogP contribution in [-0.4, -0.2) is 31.8 Å². The van der Waals surface area contributed by atoms with Crippen LogP contribution in [0.15, 0.2) is 72.8 Å². The van der Waals surface area contributed by atoms with Gasteiger partial charge in [-0.2, -0.15) is 9.97 Å². The van der Waals surface area contributed by atoms with Crippen molar-refractivity contribution in [1.82, 2.24) is 15.0 Å². The van der Waals surface area contributed by atoms with E-state index in [1.807, 2.05) is 6.07 Å². The maximum atomic E-state index is 10.6. The van der Waals surface area contributed by atoms with Gasteiger partial charge in [-0.1, -0.05) is 119 Å². The fourth-order valence-corrected chi connectivity index (χ4v) is 6.09. The Morgan fingerprint density at radius 3 is 1.81 bits per heavy atom. The van der Waals surface area contributed by atoms with E-state index in [9.17, 15) is 10.2 Å². The van der Waals surface area contributed by atoms with Crippen LogP contribution in [0.4, 0.5) is 0 Å². The first-order valence-corrected chi connectivity index (χ1v) is 15.7.